The lowest BCUT2D eigenvalue weighted by Gasteiger charge is -2.19. The molecule has 1 aliphatic rings. The van der Waals surface area contributed by atoms with Crippen molar-refractivity contribution in [3.05, 3.63) is 39.4 Å². The molecule has 1 aliphatic heterocycles. The van der Waals surface area contributed by atoms with Crippen LogP contribution in [0.25, 0.3) is 10.9 Å². The van der Waals surface area contributed by atoms with Crippen molar-refractivity contribution in [2.75, 3.05) is 0 Å². The first-order chi connectivity index (χ1) is 9.63. The molecule has 3 rings (SSSR count). The molecule has 2 heterocycles. The van der Waals surface area contributed by atoms with Crippen LogP contribution in [-0.2, 0) is 19.4 Å². The van der Waals surface area contributed by atoms with Gasteiger partial charge in [0.2, 0.25) is 0 Å². The lowest BCUT2D eigenvalue weighted by Crippen LogP contribution is -2.29. The Morgan fingerprint density at radius 3 is 2.90 bits per heavy atom. The quantitative estimate of drug-likeness (QED) is 0.907. The van der Waals surface area contributed by atoms with Gasteiger partial charge in [-0.05, 0) is 37.0 Å². The molecule has 0 amide bonds. The molecule has 0 atom stereocenters. The second-order valence-electron chi connectivity index (χ2n) is 5.09. The molecule has 2 aromatic rings. The number of aromatic nitrogens is 2. The molecule has 1 aromatic heterocycles. The highest BCUT2D eigenvalue weighted by molar-refractivity contribution is 5.96. The third-order valence-electron chi connectivity index (χ3n) is 3.93. The van der Waals surface area contributed by atoms with Crippen molar-refractivity contribution in [3.8, 4) is 0 Å². The maximum atomic E-state index is 12.7. The van der Waals surface area contributed by atoms with Gasteiger partial charge in [0, 0.05) is 13.0 Å². The fourth-order valence-electron chi connectivity index (χ4n) is 2.96. The monoisotopic (exact) mass is 272 g/mol. The number of nitrogens with zero attached hydrogens (tertiary/aromatic N) is 2. The van der Waals surface area contributed by atoms with Crippen molar-refractivity contribution in [2.24, 2.45) is 0 Å². The van der Waals surface area contributed by atoms with E-state index >= 15 is 0 Å². The smallest absolute Gasteiger partial charge is 0.335 e. The van der Waals surface area contributed by atoms with E-state index in [-0.39, 0.29) is 11.1 Å². The molecule has 0 aliphatic carbocycles. The van der Waals surface area contributed by atoms with Gasteiger partial charge in [0.05, 0.1) is 16.5 Å². The maximum Gasteiger partial charge on any atom is 0.335 e. The van der Waals surface area contributed by atoms with Gasteiger partial charge in [0.25, 0.3) is 5.56 Å². The van der Waals surface area contributed by atoms with Crippen LogP contribution in [0.2, 0.25) is 0 Å². The van der Waals surface area contributed by atoms with Crippen LogP contribution in [0.5, 0.6) is 0 Å². The van der Waals surface area contributed by atoms with Crippen LogP contribution in [0.4, 0.5) is 0 Å². The average Bonchev–Trinajstić information content (AvgIpc) is 2.46. The van der Waals surface area contributed by atoms with Crippen LogP contribution in [0.1, 0.15) is 41.5 Å². The molecule has 0 spiro atoms. The molecule has 0 unspecified atom stereocenters. The number of aryl methyl sites for hydroxylation is 2. The number of hydrogen-bond donors (Lipinski definition) is 1. The van der Waals surface area contributed by atoms with E-state index in [0.717, 1.165) is 25.1 Å². The largest absolute Gasteiger partial charge is 0.478 e. The lowest BCUT2D eigenvalue weighted by atomic mass is 9.99. The third-order valence-corrected chi connectivity index (χ3v) is 3.93. The first-order valence-electron chi connectivity index (χ1n) is 6.92. The van der Waals surface area contributed by atoms with E-state index in [2.05, 4.69) is 4.98 Å². The molecule has 104 valence electrons. The minimum atomic E-state index is -0.995. The Morgan fingerprint density at radius 1 is 1.40 bits per heavy atom. The van der Waals surface area contributed by atoms with E-state index in [1.807, 2.05) is 6.92 Å². The summed E-state index contributed by atoms with van der Waals surface area (Å²) in [7, 11) is 0. The van der Waals surface area contributed by atoms with Gasteiger partial charge in [0.15, 0.2) is 0 Å². The molecule has 0 bridgehead atoms. The molecule has 1 aromatic carbocycles. The Labute approximate surface area is 115 Å². The van der Waals surface area contributed by atoms with Gasteiger partial charge in [-0.1, -0.05) is 6.92 Å². The highest BCUT2D eigenvalue weighted by Gasteiger charge is 2.19. The van der Waals surface area contributed by atoms with E-state index < -0.39 is 5.97 Å². The lowest BCUT2D eigenvalue weighted by molar-refractivity contribution is 0.0696. The number of carbonyl (C=O) groups is 1. The summed E-state index contributed by atoms with van der Waals surface area (Å²) in [4.78, 5) is 28.5. The van der Waals surface area contributed by atoms with E-state index in [1.165, 1.54) is 0 Å². The Hall–Kier alpha value is -2.17. The Bertz CT molecular complexity index is 762. The van der Waals surface area contributed by atoms with E-state index in [4.69, 9.17) is 0 Å². The van der Waals surface area contributed by atoms with E-state index in [1.54, 1.807) is 16.7 Å². The SMILES string of the molecule is CCc1c(C(=O)O)ccc2nc3n(c(=O)c12)CCCC3. The predicted octanol–water partition coefficient (Wildman–Crippen LogP) is 1.99. The van der Waals surface area contributed by atoms with Crippen molar-refractivity contribution >= 4 is 16.9 Å². The number of aromatic carboxylic acids is 1. The van der Waals surface area contributed by atoms with Gasteiger partial charge in [0.1, 0.15) is 5.82 Å². The Balaban J connectivity index is 2.42. The van der Waals surface area contributed by atoms with Gasteiger partial charge in [-0.3, -0.25) is 9.36 Å². The molecule has 0 fully saturated rings. The van der Waals surface area contributed by atoms with Crippen molar-refractivity contribution < 1.29 is 9.90 Å². The van der Waals surface area contributed by atoms with Gasteiger partial charge in [-0.25, -0.2) is 9.78 Å². The van der Waals surface area contributed by atoms with Crippen LogP contribution < -0.4 is 5.56 Å². The maximum absolute atomic E-state index is 12.7. The van der Waals surface area contributed by atoms with Gasteiger partial charge in [-0.2, -0.15) is 0 Å². The minimum Gasteiger partial charge on any atom is -0.478 e. The van der Waals surface area contributed by atoms with Crippen LogP contribution in [0.3, 0.4) is 0 Å². The summed E-state index contributed by atoms with van der Waals surface area (Å²) in [5.41, 5.74) is 1.32. The topological polar surface area (TPSA) is 72.2 Å². The second-order valence-corrected chi connectivity index (χ2v) is 5.09. The van der Waals surface area contributed by atoms with Crippen LogP contribution >= 0.6 is 0 Å². The zero-order chi connectivity index (χ0) is 14.3. The standard InChI is InChI=1S/C15H16N2O3/c1-2-9-10(15(19)20)6-7-11-13(9)14(18)17-8-4-3-5-12(17)16-11/h6-7H,2-5,8H2,1H3,(H,19,20). The van der Waals surface area contributed by atoms with E-state index in [0.29, 0.717) is 29.4 Å². The molecule has 5 nitrogen and oxygen atoms in total. The number of carboxylic acids is 1. The molecular weight excluding hydrogens is 256 g/mol. The van der Waals surface area contributed by atoms with Gasteiger partial charge in [-0.15, -0.1) is 0 Å². The molecular formula is C15H16N2O3. The highest BCUT2D eigenvalue weighted by atomic mass is 16.4. The second kappa shape index (κ2) is 4.74. The summed E-state index contributed by atoms with van der Waals surface area (Å²) < 4.78 is 1.70. The fourth-order valence-corrected chi connectivity index (χ4v) is 2.96. The molecule has 1 N–H and O–H groups in total. The van der Waals surface area contributed by atoms with Crippen molar-refractivity contribution in [1.82, 2.24) is 9.55 Å². The summed E-state index contributed by atoms with van der Waals surface area (Å²) in [6, 6.07) is 3.20. The van der Waals surface area contributed by atoms with Crippen LogP contribution in [0, 0.1) is 0 Å². The van der Waals surface area contributed by atoms with Crippen LogP contribution in [0.15, 0.2) is 16.9 Å². The zero-order valence-corrected chi connectivity index (χ0v) is 11.3. The summed E-state index contributed by atoms with van der Waals surface area (Å²) in [6.07, 6.45) is 3.34. The van der Waals surface area contributed by atoms with Crippen molar-refractivity contribution in [2.45, 2.75) is 39.2 Å². The Morgan fingerprint density at radius 2 is 2.20 bits per heavy atom. The van der Waals surface area contributed by atoms with E-state index in [9.17, 15) is 14.7 Å². The zero-order valence-electron chi connectivity index (χ0n) is 11.3. The van der Waals surface area contributed by atoms with Crippen molar-refractivity contribution in [1.29, 1.82) is 0 Å². The molecule has 5 heteroatoms. The number of carboxylic acid groups (broad SMARTS) is 1. The normalized spacial score (nSPS) is 14.2. The minimum absolute atomic E-state index is 0.0929. The average molecular weight is 272 g/mol. The summed E-state index contributed by atoms with van der Waals surface area (Å²) in [5.74, 6) is -0.176. The third kappa shape index (κ3) is 1.81. The first-order valence-corrected chi connectivity index (χ1v) is 6.92. The number of fused-ring (bicyclic) bond motifs is 2. The van der Waals surface area contributed by atoms with Crippen LogP contribution in [-0.4, -0.2) is 20.6 Å². The fraction of sp³-hybridized carbons (Fsp3) is 0.400. The predicted molar refractivity (Wildman–Crippen MR) is 75.3 cm³/mol. The first kappa shape index (κ1) is 12.8. The Kier molecular flexibility index (Phi) is 3.04. The number of benzene rings is 1. The molecule has 0 saturated carbocycles. The van der Waals surface area contributed by atoms with Gasteiger partial charge < -0.3 is 5.11 Å². The van der Waals surface area contributed by atoms with Crippen molar-refractivity contribution in [3.63, 3.8) is 0 Å². The molecule has 0 saturated heterocycles. The molecule has 20 heavy (non-hydrogen) atoms. The number of hydrogen-bond acceptors (Lipinski definition) is 3. The summed E-state index contributed by atoms with van der Waals surface area (Å²) in [5, 5.41) is 9.73. The summed E-state index contributed by atoms with van der Waals surface area (Å²) in [6.45, 7) is 2.54. The number of rotatable bonds is 2. The highest BCUT2D eigenvalue weighted by Crippen LogP contribution is 2.21. The van der Waals surface area contributed by atoms with Gasteiger partial charge >= 0.3 is 5.97 Å². The summed E-state index contributed by atoms with van der Waals surface area (Å²) >= 11 is 0. The molecule has 0 radical (unpaired) electrons.